The number of rotatable bonds is 3. The van der Waals surface area contributed by atoms with E-state index in [1.54, 1.807) is 7.11 Å². The first-order chi connectivity index (χ1) is 8.29. The van der Waals surface area contributed by atoms with Gasteiger partial charge in [0.2, 0.25) is 0 Å². The molecule has 1 saturated heterocycles. The van der Waals surface area contributed by atoms with Crippen LogP contribution < -0.4 is 15.4 Å². The van der Waals surface area contributed by atoms with Gasteiger partial charge in [0.25, 0.3) is 0 Å². The van der Waals surface area contributed by atoms with E-state index >= 15 is 0 Å². The Morgan fingerprint density at radius 1 is 1.35 bits per heavy atom. The van der Waals surface area contributed by atoms with Gasteiger partial charge in [-0.1, -0.05) is 11.6 Å². The number of methoxy groups -OCH3 is 1. The fourth-order valence-corrected chi connectivity index (χ4v) is 2.30. The molecule has 1 aromatic carbocycles. The molecule has 0 aliphatic carbocycles. The molecule has 2 rings (SSSR count). The van der Waals surface area contributed by atoms with E-state index in [2.05, 4.69) is 10.6 Å². The van der Waals surface area contributed by atoms with Gasteiger partial charge in [-0.25, -0.2) is 0 Å². The van der Waals surface area contributed by atoms with Crippen LogP contribution in [0.5, 0.6) is 5.75 Å². The Morgan fingerprint density at radius 3 is 3.06 bits per heavy atom. The molecule has 1 fully saturated rings. The summed E-state index contributed by atoms with van der Waals surface area (Å²) in [6.07, 6.45) is 3.52. The number of benzene rings is 1. The molecule has 1 unspecified atom stereocenters. The molecule has 0 bridgehead atoms. The van der Waals surface area contributed by atoms with Crippen molar-refractivity contribution in [2.24, 2.45) is 0 Å². The quantitative estimate of drug-likeness (QED) is 0.870. The number of hydrogen-bond acceptors (Lipinski definition) is 3. The Balaban J connectivity index is 2.05. The van der Waals surface area contributed by atoms with Gasteiger partial charge in [0.1, 0.15) is 5.75 Å². The fourth-order valence-electron chi connectivity index (χ4n) is 2.13. The molecule has 2 N–H and O–H groups in total. The van der Waals surface area contributed by atoms with Crippen molar-refractivity contribution < 1.29 is 4.74 Å². The molecule has 0 spiro atoms. The van der Waals surface area contributed by atoms with Crippen LogP contribution in [0.15, 0.2) is 18.2 Å². The van der Waals surface area contributed by atoms with Crippen LogP contribution in [-0.4, -0.2) is 26.2 Å². The fraction of sp³-hybridized carbons (Fsp3) is 0.538. The summed E-state index contributed by atoms with van der Waals surface area (Å²) in [6, 6.07) is 6.20. The SMILES string of the molecule is COc1ccc(Cl)c(NC2CCCNCC2)c1. The third-order valence-corrected chi connectivity index (χ3v) is 3.44. The second-order valence-electron chi connectivity index (χ2n) is 4.37. The lowest BCUT2D eigenvalue weighted by Crippen LogP contribution is -2.21. The minimum absolute atomic E-state index is 0.495. The van der Waals surface area contributed by atoms with Crippen molar-refractivity contribution in [1.29, 1.82) is 0 Å². The first-order valence-corrected chi connectivity index (χ1v) is 6.48. The van der Waals surface area contributed by atoms with Crippen molar-refractivity contribution in [1.82, 2.24) is 5.32 Å². The molecule has 17 heavy (non-hydrogen) atoms. The largest absolute Gasteiger partial charge is 0.497 e. The summed E-state index contributed by atoms with van der Waals surface area (Å²) >= 11 is 6.18. The summed E-state index contributed by atoms with van der Waals surface area (Å²) in [4.78, 5) is 0. The molecule has 4 heteroatoms. The first kappa shape index (κ1) is 12.5. The van der Waals surface area contributed by atoms with Crippen LogP contribution in [0, 0.1) is 0 Å². The maximum Gasteiger partial charge on any atom is 0.121 e. The summed E-state index contributed by atoms with van der Waals surface area (Å²) in [5, 5.41) is 7.67. The zero-order valence-electron chi connectivity index (χ0n) is 10.1. The average Bonchev–Trinajstić information content (AvgIpc) is 2.60. The molecular formula is C13H19ClN2O. The number of halogens is 1. The van der Waals surface area contributed by atoms with Gasteiger partial charge in [-0.3, -0.25) is 0 Å². The highest BCUT2D eigenvalue weighted by atomic mass is 35.5. The molecule has 1 aliphatic heterocycles. The third-order valence-electron chi connectivity index (χ3n) is 3.11. The summed E-state index contributed by atoms with van der Waals surface area (Å²) < 4.78 is 5.21. The van der Waals surface area contributed by atoms with Gasteiger partial charge in [-0.05, 0) is 44.5 Å². The van der Waals surface area contributed by atoms with E-state index in [4.69, 9.17) is 16.3 Å². The molecule has 1 atom stereocenters. The lowest BCUT2D eigenvalue weighted by atomic mass is 10.1. The molecular weight excluding hydrogens is 236 g/mol. The van der Waals surface area contributed by atoms with Crippen molar-refractivity contribution in [3.63, 3.8) is 0 Å². The Kier molecular flexibility index (Phi) is 4.51. The van der Waals surface area contributed by atoms with Crippen LogP contribution in [-0.2, 0) is 0 Å². The Morgan fingerprint density at radius 2 is 2.24 bits per heavy atom. The molecule has 0 aromatic heterocycles. The number of anilines is 1. The van der Waals surface area contributed by atoms with Gasteiger partial charge in [-0.15, -0.1) is 0 Å². The summed E-state index contributed by atoms with van der Waals surface area (Å²) in [5.41, 5.74) is 0.970. The monoisotopic (exact) mass is 254 g/mol. The molecule has 0 amide bonds. The summed E-state index contributed by atoms with van der Waals surface area (Å²) in [6.45, 7) is 2.18. The van der Waals surface area contributed by atoms with Gasteiger partial charge in [0.05, 0.1) is 17.8 Å². The molecule has 3 nitrogen and oxygen atoms in total. The maximum atomic E-state index is 6.18. The van der Waals surface area contributed by atoms with E-state index in [9.17, 15) is 0 Å². The second kappa shape index (κ2) is 6.12. The van der Waals surface area contributed by atoms with Crippen molar-refractivity contribution in [2.45, 2.75) is 25.3 Å². The van der Waals surface area contributed by atoms with Gasteiger partial charge < -0.3 is 15.4 Å². The average molecular weight is 255 g/mol. The summed E-state index contributed by atoms with van der Waals surface area (Å²) in [7, 11) is 1.67. The molecule has 1 heterocycles. The zero-order valence-corrected chi connectivity index (χ0v) is 10.9. The lowest BCUT2D eigenvalue weighted by Gasteiger charge is -2.18. The first-order valence-electron chi connectivity index (χ1n) is 6.10. The van der Waals surface area contributed by atoms with E-state index in [1.807, 2.05) is 18.2 Å². The highest BCUT2D eigenvalue weighted by molar-refractivity contribution is 6.33. The number of nitrogens with one attached hydrogen (secondary N) is 2. The molecule has 1 aliphatic rings. The smallest absolute Gasteiger partial charge is 0.121 e. The van der Waals surface area contributed by atoms with E-state index in [0.717, 1.165) is 36.0 Å². The molecule has 0 radical (unpaired) electrons. The number of ether oxygens (including phenoxy) is 1. The second-order valence-corrected chi connectivity index (χ2v) is 4.78. The van der Waals surface area contributed by atoms with Crippen molar-refractivity contribution in [3.8, 4) is 5.75 Å². The molecule has 1 aromatic rings. The minimum atomic E-state index is 0.495. The van der Waals surface area contributed by atoms with Crippen molar-refractivity contribution in [3.05, 3.63) is 23.2 Å². The normalized spacial score (nSPS) is 20.7. The predicted octanol–water partition coefficient (Wildman–Crippen LogP) is 2.90. The van der Waals surface area contributed by atoms with Crippen LogP contribution in [0.1, 0.15) is 19.3 Å². The van der Waals surface area contributed by atoms with Crippen molar-refractivity contribution >= 4 is 17.3 Å². The van der Waals surface area contributed by atoms with E-state index in [-0.39, 0.29) is 0 Å². The van der Waals surface area contributed by atoms with Crippen molar-refractivity contribution in [2.75, 3.05) is 25.5 Å². The minimum Gasteiger partial charge on any atom is -0.497 e. The molecule has 94 valence electrons. The zero-order chi connectivity index (χ0) is 12.1. The van der Waals surface area contributed by atoms with Crippen LogP contribution in [0.2, 0.25) is 5.02 Å². The predicted molar refractivity (Wildman–Crippen MR) is 72.1 cm³/mol. The Bertz CT molecular complexity index is 362. The number of hydrogen-bond donors (Lipinski definition) is 2. The molecule has 0 saturated carbocycles. The van der Waals surface area contributed by atoms with Gasteiger partial charge >= 0.3 is 0 Å². The van der Waals surface area contributed by atoms with Crippen LogP contribution >= 0.6 is 11.6 Å². The Labute approximate surface area is 107 Å². The van der Waals surface area contributed by atoms with Crippen LogP contribution in [0.25, 0.3) is 0 Å². The highest BCUT2D eigenvalue weighted by Gasteiger charge is 2.13. The highest BCUT2D eigenvalue weighted by Crippen LogP contribution is 2.28. The van der Waals surface area contributed by atoms with Gasteiger partial charge in [0, 0.05) is 12.1 Å². The van der Waals surface area contributed by atoms with Gasteiger partial charge in [-0.2, -0.15) is 0 Å². The topological polar surface area (TPSA) is 33.3 Å². The lowest BCUT2D eigenvalue weighted by molar-refractivity contribution is 0.415. The van der Waals surface area contributed by atoms with Crippen LogP contribution in [0.4, 0.5) is 5.69 Å². The Hall–Kier alpha value is -0.930. The van der Waals surface area contributed by atoms with Gasteiger partial charge in [0.15, 0.2) is 0 Å². The third kappa shape index (κ3) is 3.51. The summed E-state index contributed by atoms with van der Waals surface area (Å²) in [5.74, 6) is 0.837. The van der Waals surface area contributed by atoms with Crippen LogP contribution in [0.3, 0.4) is 0 Å². The standard InChI is InChI=1S/C13H19ClN2O/c1-17-11-4-5-12(14)13(9-11)16-10-3-2-7-15-8-6-10/h4-5,9-10,15-16H,2-3,6-8H2,1H3. The maximum absolute atomic E-state index is 6.18. The van der Waals surface area contributed by atoms with E-state index in [1.165, 1.54) is 12.8 Å². The van der Waals surface area contributed by atoms with E-state index < -0.39 is 0 Å². The van der Waals surface area contributed by atoms with E-state index in [0.29, 0.717) is 6.04 Å².